The van der Waals surface area contributed by atoms with Gasteiger partial charge >= 0.3 is 392 Å². The van der Waals surface area contributed by atoms with Crippen LogP contribution >= 0.6 is 24.8 Å². The predicted octanol–water partition coefficient (Wildman–Crippen LogP) is 19.1. The first-order valence-corrected chi connectivity index (χ1v) is 39.5. The molecular formula is C62H76Cl2SiZr. The molecule has 4 heteroatoms. The van der Waals surface area contributed by atoms with Crippen molar-refractivity contribution in [1.29, 1.82) is 0 Å². The van der Waals surface area contributed by atoms with E-state index < -0.39 is 17.4 Å². The fourth-order valence-corrected chi connectivity index (χ4v) is 34.2. The predicted molar refractivity (Wildman–Crippen MR) is 294 cm³/mol. The van der Waals surface area contributed by atoms with Crippen molar-refractivity contribution < 1.29 is 17.4 Å². The van der Waals surface area contributed by atoms with Crippen molar-refractivity contribution in [1.82, 2.24) is 0 Å². The van der Waals surface area contributed by atoms with Gasteiger partial charge < -0.3 is 0 Å². The summed E-state index contributed by atoms with van der Waals surface area (Å²) in [5, 5.41) is 5.42. The van der Waals surface area contributed by atoms with E-state index in [1.54, 1.807) is 22.3 Å². The smallest absolute Gasteiger partial charge is 0.147 e. The number of benzene rings is 6. The van der Waals surface area contributed by atoms with Crippen LogP contribution < -0.4 is 0 Å². The van der Waals surface area contributed by atoms with Crippen molar-refractivity contribution in [2.45, 2.75) is 146 Å². The van der Waals surface area contributed by atoms with Gasteiger partial charge in [0.1, 0.15) is 0 Å². The Hall–Kier alpha value is -3.00. The Morgan fingerprint density at radius 3 is 1.17 bits per heavy atom. The van der Waals surface area contributed by atoms with Crippen LogP contribution in [0.4, 0.5) is 0 Å². The summed E-state index contributed by atoms with van der Waals surface area (Å²) in [6.07, 6.45) is 30.3. The summed E-state index contributed by atoms with van der Waals surface area (Å²) < 4.78 is 6.89. The zero-order valence-electron chi connectivity index (χ0n) is 40.6. The fraction of sp³-hybridized carbons (Fsp3) is 0.419. The van der Waals surface area contributed by atoms with E-state index in [4.69, 9.17) is 0 Å². The molecule has 0 bridgehead atoms. The first-order chi connectivity index (χ1) is 31.1. The molecule has 0 saturated heterocycles. The minimum absolute atomic E-state index is 0. The second kappa shape index (κ2) is 20.2. The number of allylic oxidation sites excluding steroid dienone is 2. The quantitative estimate of drug-likeness (QED) is 0.120. The van der Waals surface area contributed by atoms with Crippen molar-refractivity contribution >= 4 is 65.4 Å². The van der Waals surface area contributed by atoms with E-state index in [1.807, 2.05) is 0 Å². The van der Waals surface area contributed by atoms with Gasteiger partial charge in [0.25, 0.3) is 0 Å². The van der Waals surface area contributed by atoms with Gasteiger partial charge in [-0.3, -0.25) is 0 Å². The molecule has 6 aromatic rings. The number of fused-ring (bicyclic) bond motifs is 4. The molecule has 0 nitrogen and oxygen atoms in total. The molecule has 0 aromatic heterocycles. The molecule has 346 valence electrons. The molecule has 0 amide bonds. The van der Waals surface area contributed by atoms with Crippen molar-refractivity contribution in [3.63, 3.8) is 0 Å². The van der Waals surface area contributed by atoms with Gasteiger partial charge in [0.2, 0.25) is 0 Å². The molecule has 2 atom stereocenters. The normalized spacial score (nSPS) is 20.6. The average Bonchev–Trinajstić information content (AvgIpc) is 3.87. The van der Waals surface area contributed by atoms with Crippen LogP contribution in [0.5, 0.6) is 0 Å². The van der Waals surface area contributed by atoms with Crippen LogP contribution in [0.2, 0.25) is 9.26 Å². The largest absolute Gasteiger partial charge is 0.147 e. The standard InChI is InChI=1S/2C30H33.2CH3.2ClH.H2Si.Zr/c2*1-2-30(18-8-4-3-5-9-19-30)22-23-20-25-14-11-17-28(29(25)21-23)27-16-10-13-24-12-6-7-15-26(24)27;;;;;;/h2*6-7,10-17,20-21H,2-5,8-9,18-19,22H2,1H3;2*1H3;2*1H;1H2;. The third kappa shape index (κ3) is 9.14. The molecule has 2 saturated carbocycles. The second-order valence-corrected chi connectivity index (χ2v) is 53.0. The van der Waals surface area contributed by atoms with Gasteiger partial charge in [-0.15, -0.1) is 24.8 Å². The van der Waals surface area contributed by atoms with Gasteiger partial charge in [0.15, 0.2) is 0 Å². The molecule has 2 unspecified atom stereocenters. The van der Waals surface area contributed by atoms with E-state index in [0.717, 1.165) is 0 Å². The second-order valence-electron chi connectivity index (χ2n) is 22.5. The van der Waals surface area contributed by atoms with Crippen LogP contribution in [-0.2, 0) is 17.4 Å². The van der Waals surface area contributed by atoms with Gasteiger partial charge in [0, 0.05) is 0 Å². The Bertz CT molecular complexity index is 2630. The minimum atomic E-state index is -4.10. The van der Waals surface area contributed by atoms with Crippen LogP contribution in [0.1, 0.15) is 159 Å². The molecule has 4 aliphatic carbocycles. The molecule has 2 fully saturated rings. The summed E-state index contributed by atoms with van der Waals surface area (Å²) in [5.41, 5.74) is 16.4. The van der Waals surface area contributed by atoms with Gasteiger partial charge in [-0.25, -0.2) is 0 Å². The molecular weight excluding hydrogens is 935 g/mol. The van der Waals surface area contributed by atoms with E-state index in [-0.39, 0.29) is 24.8 Å². The number of rotatable bonds is 10. The zero-order valence-corrected chi connectivity index (χ0v) is 46.1. The van der Waals surface area contributed by atoms with Crippen molar-refractivity contribution in [2.75, 3.05) is 0 Å². The molecule has 6 aromatic carbocycles. The number of hydrogen-bond donors (Lipinski definition) is 0. The fourth-order valence-electron chi connectivity index (χ4n) is 14.5. The third-order valence-corrected chi connectivity index (χ3v) is 35.3. The third-order valence-electron chi connectivity index (χ3n) is 17.8. The Morgan fingerprint density at radius 2 is 0.773 bits per heavy atom. The average molecular weight is 1010 g/mol. The summed E-state index contributed by atoms with van der Waals surface area (Å²) in [6.45, 7) is 7.69. The number of hydrogen-bond acceptors (Lipinski definition) is 0. The Labute approximate surface area is 413 Å². The molecule has 66 heavy (non-hydrogen) atoms. The Balaban J connectivity index is 0.00000296. The first kappa shape index (κ1) is 49.4. The van der Waals surface area contributed by atoms with E-state index in [2.05, 4.69) is 163 Å². The van der Waals surface area contributed by atoms with Crippen molar-refractivity contribution in [2.24, 2.45) is 10.8 Å². The van der Waals surface area contributed by atoms with E-state index in [9.17, 15) is 0 Å². The molecule has 0 radical (unpaired) electrons. The maximum atomic E-state index is 2.95. The van der Waals surface area contributed by atoms with Crippen LogP contribution in [0.3, 0.4) is 0 Å². The van der Waals surface area contributed by atoms with E-state index in [1.165, 1.54) is 171 Å². The molecule has 4 aliphatic rings. The van der Waals surface area contributed by atoms with Crippen LogP contribution in [0.15, 0.2) is 132 Å². The summed E-state index contributed by atoms with van der Waals surface area (Å²) in [4.78, 5) is 0. The van der Waals surface area contributed by atoms with Gasteiger partial charge in [-0.1, -0.05) is 0 Å². The molecule has 0 heterocycles. The Morgan fingerprint density at radius 1 is 0.439 bits per heavy atom. The topological polar surface area (TPSA) is 0 Å². The zero-order chi connectivity index (χ0) is 44.0. The summed E-state index contributed by atoms with van der Waals surface area (Å²) in [7, 11) is 0. The van der Waals surface area contributed by atoms with Crippen molar-refractivity contribution in [3.05, 3.63) is 155 Å². The monoisotopic (exact) mass is 1010 g/mol. The summed E-state index contributed by atoms with van der Waals surface area (Å²) in [5.74, 6) is 0. The van der Waals surface area contributed by atoms with Gasteiger partial charge in [-0.05, 0) is 0 Å². The van der Waals surface area contributed by atoms with E-state index in [0.29, 0.717) is 18.1 Å². The summed E-state index contributed by atoms with van der Waals surface area (Å²) in [6, 6.07) is 47.2. The maximum absolute atomic E-state index is 4.10. The van der Waals surface area contributed by atoms with E-state index >= 15 is 0 Å². The molecule has 0 spiro atoms. The molecule has 10 rings (SSSR count). The minimum Gasteiger partial charge on any atom is -0.147 e. The Kier molecular flexibility index (Phi) is 15.1. The van der Waals surface area contributed by atoms with Gasteiger partial charge in [-0.2, -0.15) is 0 Å². The first-order valence-electron chi connectivity index (χ1n) is 25.8. The van der Waals surface area contributed by atoms with Crippen molar-refractivity contribution in [3.8, 4) is 22.3 Å². The SMILES string of the molecule is CCC1(CC2=Cc3c(-c4cccc5ccccc45)cccc3[CH]2[Zr]([CH3])([CH3])(=[SiH2])[CH]2C(CC3(CC)CCCCCCC3)=Cc3c(-c4cccc5ccccc45)cccc32)CCCCCCC1.Cl.Cl. The van der Waals surface area contributed by atoms with Gasteiger partial charge in [0.05, 0.1) is 0 Å². The number of halogens is 2. The molecule has 0 N–H and O–H groups in total. The summed E-state index contributed by atoms with van der Waals surface area (Å²) >= 11 is -4.10. The maximum Gasteiger partial charge on any atom is -0.147 e. The molecule has 0 aliphatic heterocycles. The van der Waals surface area contributed by atoms with Crippen LogP contribution in [0, 0.1) is 10.8 Å². The van der Waals surface area contributed by atoms with Crippen LogP contribution in [0.25, 0.3) is 56.0 Å². The van der Waals surface area contributed by atoms with Crippen LogP contribution in [-0.4, -0.2) is 6.88 Å².